The van der Waals surface area contributed by atoms with Gasteiger partial charge >= 0.3 is 5.69 Å². The molecule has 118 valence electrons. The second-order valence-corrected chi connectivity index (χ2v) is 5.80. The summed E-state index contributed by atoms with van der Waals surface area (Å²) in [7, 11) is 0. The monoisotopic (exact) mass is 303 g/mol. The zero-order valence-corrected chi connectivity index (χ0v) is 13.0. The summed E-state index contributed by atoms with van der Waals surface area (Å²) in [6.45, 7) is 5.91. The SMILES string of the molecule is Cc1cnc(CCn2nnn(C3CCOCC3)c2=O)c(C)c1. The molecule has 0 spiro atoms. The maximum absolute atomic E-state index is 12.4. The fraction of sp³-hybridized carbons (Fsp3) is 0.600. The van der Waals surface area contributed by atoms with Crippen molar-refractivity contribution in [3.05, 3.63) is 39.6 Å². The van der Waals surface area contributed by atoms with Gasteiger partial charge in [0.2, 0.25) is 0 Å². The summed E-state index contributed by atoms with van der Waals surface area (Å²) in [4.78, 5) is 16.8. The molecule has 22 heavy (non-hydrogen) atoms. The first-order valence-corrected chi connectivity index (χ1v) is 7.67. The predicted molar refractivity (Wildman–Crippen MR) is 80.8 cm³/mol. The number of pyridine rings is 1. The quantitative estimate of drug-likeness (QED) is 0.844. The molecule has 3 heterocycles. The molecule has 0 aromatic carbocycles. The van der Waals surface area contributed by atoms with Gasteiger partial charge in [-0.3, -0.25) is 4.98 Å². The Labute approximate surface area is 128 Å². The Bertz CT molecular complexity index is 700. The number of hydrogen-bond donors (Lipinski definition) is 0. The first kappa shape index (κ1) is 14.9. The Hall–Kier alpha value is -2.02. The van der Waals surface area contributed by atoms with Crippen molar-refractivity contribution < 1.29 is 4.74 Å². The van der Waals surface area contributed by atoms with Gasteiger partial charge in [0, 0.05) is 31.5 Å². The first-order chi connectivity index (χ1) is 10.6. The van der Waals surface area contributed by atoms with Crippen LogP contribution in [0.3, 0.4) is 0 Å². The summed E-state index contributed by atoms with van der Waals surface area (Å²) >= 11 is 0. The third kappa shape index (κ3) is 3.09. The highest BCUT2D eigenvalue weighted by molar-refractivity contribution is 5.23. The lowest BCUT2D eigenvalue weighted by atomic mass is 10.1. The number of hydrogen-bond acceptors (Lipinski definition) is 5. The van der Waals surface area contributed by atoms with E-state index in [0.29, 0.717) is 26.2 Å². The Kier molecular flexibility index (Phi) is 4.33. The second-order valence-electron chi connectivity index (χ2n) is 5.80. The molecular formula is C15H21N5O2. The average molecular weight is 303 g/mol. The van der Waals surface area contributed by atoms with Crippen LogP contribution in [0.2, 0.25) is 0 Å². The van der Waals surface area contributed by atoms with Crippen LogP contribution in [0, 0.1) is 13.8 Å². The molecule has 1 fully saturated rings. The Morgan fingerprint density at radius 3 is 2.77 bits per heavy atom. The lowest BCUT2D eigenvalue weighted by Crippen LogP contribution is -2.32. The number of ether oxygens (including phenoxy) is 1. The van der Waals surface area contributed by atoms with Crippen LogP contribution in [0.25, 0.3) is 0 Å². The van der Waals surface area contributed by atoms with Gasteiger partial charge < -0.3 is 4.74 Å². The van der Waals surface area contributed by atoms with Crippen LogP contribution in [0.15, 0.2) is 17.1 Å². The molecule has 0 unspecified atom stereocenters. The largest absolute Gasteiger partial charge is 0.381 e. The van der Waals surface area contributed by atoms with Crippen LogP contribution in [-0.4, -0.2) is 38.0 Å². The minimum absolute atomic E-state index is 0.106. The zero-order valence-electron chi connectivity index (χ0n) is 13.0. The van der Waals surface area contributed by atoms with Gasteiger partial charge in [-0.1, -0.05) is 6.07 Å². The summed E-state index contributed by atoms with van der Waals surface area (Å²) in [5.41, 5.74) is 3.14. The number of nitrogens with zero attached hydrogens (tertiary/aromatic N) is 5. The molecular weight excluding hydrogens is 282 g/mol. The van der Waals surface area contributed by atoms with Crippen molar-refractivity contribution in [1.29, 1.82) is 0 Å². The summed E-state index contributed by atoms with van der Waals surface area (Å²) in [5, 5.41) is 8.03. The van der Waals surface area contributed by atoms with E-state index in [0.717, 1.165) is 29.7 Å². The lowest BCUT2D eigenvalue weighted by molar-refractivity contribution is 0.0647. The van der Waals surface area contributed by atoms with E-state index >= 15 is 0 Å². The van der Waals surface area contributed by atoms with Crippen molar-refractivity contribution >= 4 is 0 Å². The lowest BCUT2D eigenvalue weighted by Gasteiger charge is -2.20. The molecule has 0 saturated carbocycles. The minimum atomic E-state index is -0.142. The van der Waals surface area contributed by atoms with Gasteiger partial charge in [0.25, 0.3) is 0 Å². The molecule has 3 rings (SSSR count). The van der Waals surface area contributed by atoms with Crippen molar-refractivity contribution in [3.8, 4) is 0 Å². The highest BCUT2D eigenvalue weighted by atomic mass is 16.5. The van der Waals surface area contributed by atoms with E-state index in [9.17, 15) is 4.79 Å². The average Bonchev–Trinajstić information content (AvgIpc) is 2.88. The third-order valence-electron chi connectivity index (χ3n) is 4.08. The van der Waals surface area contributed by atoms with Gasteiger partial charge in [0.05, 0.1) is 12.6 Å². The summed E-state index contributed by atoms with van der Waals surface area (Å²) in [5.74, 6) is 0. The zero-order chi connectivity index (χ0) is 15.5. The molecule has 7 heteroatoms. The molecule has 1 saturated heterocycles. The van der Waals surface area contributed by atoms with Crippen molar-refractivity contribution in [2.75, 3.05) is 13.2 Å². The van der Waals surface area contributed by atoms with Crippen LogP contribution in [0.5, 0.6) is 0 Å². The predicted octanol–water partition coefficient (Wildman–Crippen LogP) is 1.05. The van der Waals surface area contributed by atoms with E-state index in [1.165, 1.54) is 9.36 Å². The highest BCUT2D eigenvalue weighted by Crippen LogP contribution is 2.17. The molecule has 2 aromatic heterocycles. The van der Waals surface area contributed by atoms with Gasteiger partial charge in [0.1, 0.15) is 0 Å². The Balaban J connectivity index is 1.70. The topological polar surface area (TPSA) is 74.8 Å². The van der Waals surface area contributed by atoms with E-state index < -0.39 is 0 Å². The number of rotatable bonds is 4. The van der Waals surface area contributed by atoms with Crippen LogP contribution < -0.4 is 5.69 Å². The fourth-order valence-corrected chi connectivity index (χ4v) is 2.80. The van der Waals surface area contributed by atoms with Crippen molar-refractivity contribution in [1.82, 2.24) is 24.8 Å². The summed E-state index contributed by atoms with van der Waals surface area (Å²) < 4.78 is 8.24. The van der Waals surface area contributed by atoms with E-state index in [-0.39, 0.29) is 11.7 Å². The highest BCUT2D eigenvalue weighted by Gasteiger charge is 2.20. The molecule has 7 nitrogen and oxygen atoms in total. The maximum Gasteiger partial charge on any atom is 0.363 e. The molecule has 0 atom stereocenters. The number of tetrazole rings is 1. The molecule has 0 aliphatic carbocycles. The normalized spacial score (nSPS) is 16.1. The van der Waals surface area contributed by atoms with E-state index in [1.54, 1.807) is 0 Å². The van der Waals surface area contributed by atoms with E-state index in [1.807, 2.05) is 20.0 Å². The fourth-order valence-electron chi connectivity index (χ4n) is 2.80. The van der Waals surface area contributed by atoms with Gasteiger partial charge in [-0.2, -0.15) is 9.36 Å². The van der Waals surface area contributed by atoms with Crippen molar-refractivity contribution in [2.45, 2.75) is 45.7 Å². The summed E-state index contributed by atoms with van der Waals surface area (Å²) in [6, 6.07) is 2.21. The van der Waals surface area contributed by atoms with Gasteiger partial charge in [-0.15, -0.1) is 0 Å². The molecule has 2 aromatic rings. The molecule has 0 bridgehead atoms. The third-order valence-corrected chi connectivity index (χ3v) is 4.08. The molecule has 1 aliphatic heterocycles. The second kappa shape index (κ2) is 6.39. The Morgan fingerprint density at radius 1 is 1.27 bits per heavy atom. The molecule has 1 aliphatic rings. The minimum Gasteiger partial charge on any atom is -0.381 e. The van der Waals surface area contributed by atoms with Crippen molar-refractivity contribution in [3.63, 3.8) is 0 Å². The van der Waals surface area contributed by atoms with Crippen LogP contribution in [0.1, 0.15) is 35.7 Å². The van der Waals surface area contributed by atoms with Crippen LogP contribution in [0.4, 0.5) is 0 Å². The van der Waals surface area contributed by atoms with E-state index in [4.69, 9.17) is 4.74 Å². The first-order valence-electron chi connectivity index (χ1n) is 7.67. The van der Waals surface area contributed by atoms with E-state index in [2.05, 4.69) is 21.5 Å². The number of aryl methyl sites for hydroxylation is 4. The molecule has 0 N–H and O–H groups in total. The smallest absolute Gasteiger partial charge is 0.363 e. The molecule has 0 radical (unpaired) electrons. The molecule has 0 amide bonds. The van der Waals surface area contributed by atoms with Crippen LogP contribution in [-0.2, 0) is 17.7 Å². The van der Waals surface area contributed by atoms with Crippen LogP contribution >= 0.6 is 0 Å². The maximum atomic E-state index is 12.4. The van der Waals surface area contributed by atoms with Gasteiger partial charge in [0.15, 0.2) is 0 Å². The van der Waals surface area contributed by atoms with Gasteiger partial charge in [-0.05, 0) is 48.2 Å². The summed E-state index contributed by atoms with van der Waals surface area (Å²) in [6.07, 6.45) is 4.16. The Morgan fingerprint density at radius 2 is 2.05 bits per heavy atom. The standard InChI is InChI=1S/C15H21N5O2/c1-11-9-12(2)14(16-10-11)3-6-19-15(21)20(18-17-19)13-4-7-22-8-5-13/h9-10,13H,3-8H2,1-2H3. The van der Waals surface area contributed by atoms with Crippen molar-refractivity contribution in [2.24, 2.45) is 0 Å². The van der Waals surface area contributed by atoms with Gasteiger partial charge in [-0.25, -0.2) is 4.79 Å². The number of aromatic nitrogens is 5.